The average molecular weight is 263 g/mol. The van der Waals surface area contributed by atoms with Gasteiger partial charge in [-0.1, -0.05) is 13.8 Å². The van der Waals surface area contributed by atoms with Crippen LogP contribution in [0.25, 0.3) is 0 Å². The lowest BCUT2D eigenvalue weighted by Crippen LogP contribution is -2.27. The van der Waals surface area contributed by atoms with Crippen molar-refractivity contribution in [2.45, 2.75) is 20.3 Å². The van der Waals surface area contributed by atoms with E-state index in [0.29, 0.717) is 19.1 Å². The molecule has 0 atom stereocenters. The highest BCUT2D eigenvalue weighted by atomic mass is 32.2. The van der Waals surface area contributed by atoms with Crippen molar-refractivity contribution >= 4 is 23.6 Å². The van der Waals surface area contributed by atoms with E-state index < -0.39 is 5.97 Å². The smallest absolute Gasteiger partial charge is 0.313 e. The summed E-state index contributed by atoms with van der Waals surface area (Å²) < 4.78 is 5.36. The van der Waals surface area contributed by atoms with Crippen LogP contribution < -0.4 is 5.32 Å². The number of carbonyl (C=O) groups excluding carboxylic acids is 1. The molecule has 0 unspecified atom stereocenters. The first-order chi connectivity index (χ1) is 8.02. The van der Waals surface area contributed by atoms with E-state index in [1.54, 1.807) is 0 Å². The lowest BCUT2D eigenvalue weighted by atomic mass is 10.2. The fourth-order valence-electron chi connectivity index (χ4n) is 1.00. The number of amides is 1. The van der Waals surface area contributed by atoms with Gasteiger partial charge in [0.1, 0.15) is 0 Å². The molecule has 0 heterocycles. The summed E-state index contributed by atoms with van der Waals surface area (Å²) in [6, 6.07) is 0. The lowest BCUT2D eigenvalue weighted by molar-refractivity contribution is -0.133. The Labute approximate surface area is 106 Å². The van der Waals surface area contributed by atoms with E-state index in [4.69, 9.17) is 9.84 Å². The van der Waals surface area contributed by atoms with Crippen LogP contribution in [0.2, 0.25) is 0 Å². The molecule has 0 fully saturated rings. The first kappa shape index (κ1) is 16.2. The van der Waals surface area contributed by atoms with Gasteiger partial charge in [0.15, 0.2) is 0 Å². The average Bonchev–Trinajstić information content (AvgIpc) is 2.22. The van der Waals surface area contributed by atoms with Crippen molar-refractivity contribution < 1.29 is 19.4 Å². The zero-order valence-electron chi connectivity index (χ0n) is 10.4. The normalized spacial score (nSPS) is 10.5. The third-order valence-electron chi connectivity index (χ3n) is 1.70. The highest BCUT2D eigenvalue weighted by Crippen LogP contribution is 1.98. The van der Waals surface area contributed by atoms with Gasteiger partial charge >= 0.3 is 5.97 Å². The van der Waals surface area contributed by atoms with Crippen molar-refractivity contribution in [3.8, 4) is 0 Å². The number of rotatable bonds is 10. The SMILES string of the molecule is CC(C)COCCCNC(=O)CSCC(=O)O. The standard InChI is InChI=1S/C11H21NO4S/c1-9(2)6-16-5-3-4-12-10(13)7-17-8-11(14)15/h9H,3-8H2,1-2H3,(H,12,13)(H,14,15). The molecule has 0 aromatic rings. The Balaban J connectivity index is 3.25. The molecule has 2 N–H and O–H groups in total. The molecule has 17 heavy (non-hydrogen) atoms. The van der Waals surface area contributed by atoms with Gasteiger partial charge in [-0.2, -0.15) is 0 Å². The van der Waals surface area contributed by atoms with Crippen LogP contribution in [0.5, 0.6) is 0 Å². The molecule has 0 saturated heterocycles. The van der Waals surface area contributed by atoms with Crippen LogP contribution in [0.3, 0.4) is 0 Å². The summed E-state index contributed by atoms with van der Waals surface area (Å²) >= 11 is 1.10. The molecule has 0 aromatic carbocycles. The number of hydrogen-bond donors (Lipinski definition) is 2. The van der Waals surface area contributed by atoms with Gasteiger partial charge in [-0.15, -0.1) is 11.8 Å². The molecular weight excluding hydrogens is 242 g/mol. The number of aliphatic carboxylic acids is 1. The van der Waals surface area contributed by atoms with Crippen LogP contribution >= 0.6 is 11.8 Å². The maximum absolute atomic E-state index is 11.2. The molecule has 0 aliphatic carbocycles. The number of thioether (sulfide) groups is 1. The Morgan fingerprint density at radius 1 is 1.35 bits per heavy atom. The second-order valence-corrected chi connectivity index (χ2v) is 5.04. The lowest BCUT2D eigenvalue weighted by Gasteiger charge is -2.07. The molecule has 0 rings (SSSR count). The second-order valence-electron chi connectivity index (χ2n) is 4.06. The predicted molar refractivity (Wildman–Crippen MR) is 68.2 cm³/mol. The molecule has 0 saturated carbocycles. The number of nitrogens with one attached hydrogen (secondary N) is 1. The largest absolute Gasteiger partial charge is 0.481 e. The summed E-state index contributed by atoms with van der Waals surface area (Å²) in [5.74, 6) is -0.341. The highest BCUT2D eigenvalue weighted by Gasteiger charge is 2.03. The van der Waals surface area contributed by atoms with Crippen molar-refractivity contribution in [3.63, 3.8) is 0 Å². The van der Waals surface area contributed by atoms with Crippen LogP contribution in [0.1, 0.15) is 20.3 Å². The molecule has 100 valence electrons. The van der Waals surface area contributed by atoms with Gasteiger partial charge in [0.05, 0.1) is 11.5 Å². The topological polar surface area (TPSA) is 75.6 Å². The van der Waals surface area contributed by atoms with Crippen molar-refractivity contribution in [1.29, 1.82) is 0 Å². The zero-order chi connectivity index (χ0) is 13.1. The summed E-state index contributed by atoms with van der Waals surface area (Å²) in [5, 5.41) is 11.1. The molecule has 0 aromatic heterocycles. The summed E-state index contributed by atoms with van der Waals surface area (Å²) in [6.45, 7) is 6.12. The van der Waals surface area contributed by atoms with E-state index in [1.807, 2.05) is 0 Å². The Kier molecular flexibility index (Phi) is 9.95. The fourth-order valence-corrected chi connectivity index (χ4v) is 1.57. The van der Waals surface area contributed by atoms with Gasteiger partial charge in [0.2, 0.25) is 5.91 Å². The summed E-state index contributed by atoms with van der Waals surface area (Å²) in [6.07, 6.45) is 0.780. The van der Waals surface area contributed by atoms with Crippen molar-refractivity contribution in [2.24, 2.45) is 5.92 Å². The summed E-state index contributed by atoms with van der Waals surface area (Å²) in [7, 11) is 0. The van der Waals surface area contributed by atoms with Gasteiger partial charge in [0, 0.05) is 19.8 Å². The van der Waals surface area contributed by atoms with E-state index in [-0.39, 0.29) is 17.4 Å². The third-order valence-corrected chi connectivity index (χ3v) is 2.61. The Morgan fingerprint density at radius 2 is 2.06 bits per heavy atom. The first-order valence-corrected chi connectivity index (χ1v) is 6.81. The molecule has 0 bridgehead atoms. The second kappa shape index (κ2) is 10.4. The van der Waals surface area contributed by atoms with Gasteiger partial charge in [0.25, 0.3) is 0 Å². The maximum Gasteiger partial charge on any atom is 0.313 e. The first-order valence-electron chi connectivity index (χ1n) is 5.66. The molecule has 0 spiro atoms. The van der Waals surface area contributed by atoms with E-state index in [0.717, 1.165) is 24.8 Å². The predicted octanol–water partition coefficient (Wildman–Crippen LogP) is 0.983. The minimum Gasteiger partial charge on any atom is -0.481 e. The minimum atomic E-state index is -0.898. The van der Waals surface area contributed by atoms with Gasteiger partial charge in [-0.25, -0.2) is 0 Å². The quantitative estimate of drug-likeness (QED) is 0.575. The minimum absolute atomic E-state index is 0.0368. The molecular formula is C11H21NO4S. The van der Waals surface area contributed by atoms with E-state index in [9.17, 15) is 9.59 Å². The fraction of sp³-hybridized carbons (Fsp3) is 0.818. The van der Waals surface area contributed by atoms with Crippen molar-refractivity contribution in [1.82, 2.24) is 5.32 Å². The van der Waals surface area contributed by atoms with E-state index >= 15 is 0 Å². The summed E-state index contributed by atoms with van der Waals surface area (Å²) in [5.41, 5.74) is 0. The van der Waals surface area contributed by atoms with Crippen molar-refractivity contribution in [2.75, 3.05) is 31.3 Å². The van der Waals surface area contributed by atoms with Crippen LogP contribution in [0.4, 0.5) is 0 Å². The number of carboxylic acids is 1. The van der Waals surface area contributed by atoms with Gasteiger partial charge < -0.3 is 15.2 Å². The Morgan fingerprint density at radius 3 is 2.65 bits per heavy atom. The Hall–Kier alpha value is -0.750. The molecule has 5 nitrogen and oxygen atoms in total. The number of hydrogen-bond acceptors (Lipinski definition) is 4. The number of carboxylic acid groups (broad SMARTS) is 1. The van der Waals surface area contributed by atoms with Crippen LogP contribution in [0, 0.1) is 5.92 Å². The van der Waals surface area contributed by atoms with Gasteiger partial charge in [-0.3, -0.25) is 9.59 Å². The number of carbonyl (C=O) groups is 2. The maximum atomic E-state index is 11.2. The number of ether oxygens (including phenoxy) is 1. The molecule has 1 amide bonds. The zero-order valence-corrected chi connectivity index (χ0v) is 11.2. The summed E-state index contributed by atoms with van der Waals surface area (Å²) in [4.78, 5) is 21.4. The van der Waals surface area contributed by atoms with Crippen LogP contribution in [-0.4, -0.2) is 48.2 Å². The highest BCUT2D eigenvalue weighted by molar-refractivity contribution is 8.00. The molecule has 6 heteroatoms. The van der Waals surface area contributed by atoms with E-state index in [2.05, 4.69) is 19.2 Å². The van der Waals surface area contributed by atoms with Gasteiger partial charge in [-0.05, 0) is 12.3 Å². The van der Waals surface area contributed by atoms with Crippen molar-refractivity contribution in [3.05, 3.63) is 0 Å². The third kappa shape index (κ3) is 13.2. The van der Waals surface area contributed by atoms with Crippen LogP contribution in [-0.2, 0) is 14.3 Å². The Bertz CT molecular complexity index is 234. The molecule has 0 radical (unpaired) electrons. The molecule has 0 aliphatic heterocycles. The van der Waals surface area contributed by atoms with Crippen LogP contribution in [0.15, 0.2) is 0 Å². The monoisotopic (exact) mass is 263 g/mol. The molecule has 0 aliphatic rings. The van der Waals surface area contributed by atoms with E-state index in [1.165, 1.54) is 0 Å².